The fourth-order valence-corrected chi connectivity index (χ4v) is 6.18. The van der Waals surface area contributed by atoms with Gasteiger partial charge in [-0.05, 0) is 48.8 Å². The van der Waals surface area contributed by atoms with Gasteiger partial charge in [0, 0.05) is 40.3 Å². The second-order valence-electron chi connectivity index (χ2n) is 9.54. The van der Waals surface area contributed by atoms with Crippen LogP contribution < -0.4 is 5.32 Å². The van der Waals surface area contributed by atoms with Crippen molar-refractivity contribution in [2.45, 2.75) is 44.9 Å². The highest BCUT2D eigenvalue weighted by Crippen LogP contribution is 2.39. The number of carbonyl (C=O) groups is 2. The Hall–Kier alpha value is -2.76. The van der Waals surface area contributed by atoms with Crippen molar-refractivity contribution in [1.29, 1.82) is 0 Å². The lowest BCUT2D eigenvalue weighted by atomic mass is 9.95. The fourth-order valence-electron chi connectivity index (χ4n) is 4.72. The van der Waals surface area contributed by atoms with Crippen molar-refractivity contribution < 1.29 is 28.2 Å². The Kier molecular flexibility index (Phi) is 9.79. The number of carboxylic acids is 1. The van der Waals surface area contributed by atoms with Gasteiger partial charge in [0.2, 0.25) is 0 Å². The number of esters is 1. The SMILES string of the molecule is CCOC(=O)C1=C(CN2CC(F)CC2/C=C/C(=O)O)NC(C2=CCC(C)C=CS2)=N[C@H]1c1ccc(F)cc1Br. The minimum absolute atomic E-state index is 0.0744. The van der Waals surface area contributed by atoms with Crippen molar-refractivity contribution in [2.24, 2.45) is 10.9 Å². The molecular formula is C28H30BrF2N3O4S. The third-order valence-electron chi connectivity index (χ3n) is 6.61. The van der Waals surface area contributed by atoms with Gasteiger partial charge in [0.1, 0.15) is 23.9 Å². The Balaban J connectivity index is 1.82. The number of hydrogen-bond acceptors (Lipinski definition) is 7. The number of allylic oxidation sites excluding steroid dienone is 2. The predicted molar refractivity (Wildman–Crippen MR) is 151 cm³/mol. The summed E-state index contributed by atoms with van der Waals surface area (Å²) in [7, 11) is 0. The van der Waals surface area contributed by atoms with Crippen LogP contribution in [0.15, 0.2) is 73.6 Å². The number of rotatable bonds is 8. The van der Waals surface area contributed by atoms with Gasteiger partial charge in [0.15, 0.2) is 0 Å². The summed E-state index contributed by atoms with van der Waals surface area (Å²) in [6.07, 6.45) is 6.46. The number of benzene rings is 1. The van der Waals surface area contributed by atoms with E-state index in [1.54, 1.807) is 17.9 Å². The summed E-state index contributed by atoms with van der Waals surface area (Å²) < 4.78 is 34.4. The number of alkyl halides is 1. The average Bonchev–Trinajstić information content (AvgIpc) is 3.07. The van der Waals surface area contributed by atoms with Crippen LogP contribution in [0.25, 0.3) is 0 Å². The predicted octanol–water partition coefficient (Wildman–Crippen LogP) is 5.67. The monoisotopic (exact) mass is 621 g/mol. The first-order valence-corrected chi connectivity index (χ1v) is 14.4. The van der Waals surface area contributed by atoms with E-state index in [0.717, 1.165) is 17.4 Å². The maximum absolute atomic E-state index is 14.5. The first kappa shape index (κ1) is 29.2. The standard InChI is InChI=1S/C28H30BrF2N3O4S/c1-3-38-28(37)25-22(15-34-14-18(31)12-19(34)6-9-24(35)36)32-27(23-8-4-16(2)10-11-39-23)33-26(25)20-7-5-17(30)13-21(20)29/h5-11,13,16,18-19,26H,3-4,12,14-15H2,1-2H3,(H,32,33)(H,35,36)/b9-6+/t16?,18?,19?,26-/m0/s1. The molecule has 11 heteroatoms. The number of hydrogen-bond donors (Lipinski definition) is 2. The molecule has 39 heavy (non-hydrogen) atoms. The fraction of sp³-hybridized carbons (Fsp3) is 0.393. The number of carboxylic acid groups (broad SMARTS) is 1. The lowest BCUT2D eigenvalue weighted by Crippen LogP contribution is -2.41. The van der Waals surface area contributed by atoms with E-state index in [1.165, 1.54) is 30.0 Å². The number of carbonyl (C=O) groups excluding carboxylic acids is 1. The highest BCUT2D eigenvalue weighted by atomic mass is 79.9. The molecule has 3 heterocycles. The van der Waals surface area contributed by atoms with E-state index >= 15 is 0 Å². The van der Waals surface area contributed by atoms with E-state index in [9.17, 15) is 18.4 Å². The van der Waals surface area contributed by atoms with E-state index in [4.69, 9.17) is 14.8 Å². The molecule has 0 bridgehead atoms. The number of nitrogens with one attached hydrogen (secondary N) is 1. The zero-order valence-electron chi connectivity index (χ0n) is 21.6. The molecule has 0 aliphatic carbocycles. The largest absolute Gasteiger partial charge is 0.478 e. The van der Waals surface area contributed by atoms with Crippen molar-refractivity contribution in [2.75, 3.05) is 19.7 Å². The third kappa shape index (κ3) is 7.26. The van der Waals surface area contributed by atoms with Gasteiger partial charge in [-0.1, -0.05) is 58.9 Å². The Morgan fingerprint density at radius 1 is 1.38 bits per heavy atom. The molecule has 1 aromatic carbocycles. The molecule has 1 aromatic rings. The van der Waals surface area contributed by atoms with Gasteiger partial charge in [-0.25, -0.2) is 18.4 Å². The van der Waals surface area contributed by atoms with Gasteiger partial charge in [-0.3, -0.25) is 9.89 Å². The summed E-state index contributed by atoms with van der Waals surface area (Å²) >= 11 is 4.94. The normalized spacial score (nSPS) is 25.8. The molecule has 0 spiro atoms. The molecule has 7 nitrogen and oxygen atoms in total. The van der Waals surface area contributed by atoms with Crippen LogP contribution in [0.1, 0.15) is 38.3 Å². The molecule has 208 valence electrons. The Morgan fingerprint density at radius 2 is 2.18 bits per heavy atom. The van der Waals surface area contributed by atoms with Crippen LogP contribution in [-0.4, -0.2) is 59.7 Å². The Morgan fingerprint density at radius 3 is 2.90 bits per heavy atom. The molecule has 3 aliphatic rings. The maximum atomic E-state index is 14.5. The molecule has 3 unspecified atom stereocenters. The smallest absolute Gasteiger partial charge is 0.338 e. The topological polar surface area (TPSA) is 91.2 Å². The second-order valence-corrected chi connectivity index (χ2v) is 11.3. The van der Waals surface area contributed by atoms with E-state index < -0.39 is 36.0 Å². The quantitative estimate of drug-likeness (QED) is 0.285. The molecule has 2 N–H and O–H groups in total. The second kappa shape index (κ2) is 13.1. The van der Waals surface area contributed by atoms with E-state index in [1.807, 2.05) is 5.41 Å². The van der Waals surface area contributed by atoms with Gasteiger partial charge >= 0.3 is 11.9 Å². The molecule has 4 atom stereocenters. The molecule has 3 aliphatic heterocycles. The van der Waals surface area contributed by atoms with Crippen molar-refractivity contribution in [3.05, 3.63) is 79.9 Å². The number of nitrogens with zero attached hydrogens (tertiary/aromatic N) is 2. The van der Waals surface area contributed by atoms with E-state index in [-0.39, 0.29) is 31.7 Å². The molecule has 0 radical (unpaired) electrons. The highest BCUT2D eigenvalue weighted by molar-refractivity contribution is 9.10. The van der Waals surface area contributed by atoms with E-state index in [2.05, 4.69) is 40.3 Å². The number of likely N-dealkylation sites (tertiary alicyclic amines) is 1. The van der Waals surface area contributed by atoms with Crippen LogP contribution in [0.4, 0.5) is 8.78 Å². The van der Waals surface area contributed by atoms with Gasteiger partial charge < -0.3 is 15.2 Å². The molecule has 0 aromatic heterocycles. The van der Waals surface area contributed by atoms with Crippen LogP contribution in [0.5, 0.6) is 0 Å². The Labute approximate surface area is 238 Å². The molecule has 0 amide bonds. The Bertz CT molecular complexity index is 1280. The number of aliphatic carboxylic acids is 1. The molecule has 4 rings (SSSR count). The van der Waals surface area contributed by atoms with Gasteiger partial charge in [0.25, 0.3) is 0 Å². The minimum atomic E-state index is -1.15. The first-order valence-electron chi connectivity index (χ1n) is 12.7. The van der Waals surface area contributed by atoms with Gasteiger partial charge in [0.05, 0.1) is 12.2 Å². The highest BCUT2D eigenvalue weighted by Gasteiger charge is 2.37. The third-order valence-corrected chi connectivity index (χ3v) is 8.20. The van der Waals surface area contributed by atoms with Gasteiger partial charge in [-0.2, -0.15) is 0 Å². The van der Waals surface area contributed by atoms with Crippen LogP contribution in [0.3, 0.4) is 0 Å². The van der Waals surface area contributed by atoms with Crippen LogP contribution in [-0.2, 0) is 14.3 Å². The number of aliphatic imine (C=N–C) groups is 1. The number of amidine groups is 1. The molecular weight excluding hydrogens is 592 g/mol. The maximum Gasteiger partial charge on any atom is 0.338 e. The van der Waals surface area contributed by atoms with Gasteiger partial charge in [-0.15, -0.1) is 0 Å². The molecule has 1 fully saturated rings. The van der Waals surface area contributed by atoms with Crippen molar-refractivity contribution in [3.8, 4) is 0 Å². The zero-order valence-corrected chi connectivity index (χ0v) is 24.0. The van der Waals surface area contributed by atoms with Crippen LogP contribution in [0.2, 0.25) is 0 Å². The first-order chi connectivity index (χ1) is 18.7. The number of halogens is 3. The summed E-state index contributed by atoms with van der Waals surface area (Å²) in [4.78, 5) is 32.1. The molecule has 1 saturated heterocycles. The summed E-state index contributed by atoms with van der Waals surface area (Å²) in [6, 6.07) is 2.91. The lowest BCUT2D eigenvalue weighted by molar-refractivity contribution is -0.139. The zero-order chi connectivity index (χ0) is 28.1. The summed E-state index contributed by atoms with van der Waals surface area (Å²) in [6.45, 7) is 4.15. The van der Waals surface area contributed by atoms with Crippen molar-refractivity contribution in [1.82, 2.24) is 10.2 Å². The summed E-state index contributed by atoms with van der Waals surface area (Å²) in [5, 5.41) is 14.4. The number of thioether (sulfide) groups is 1. The lowest BCUT2D eigenvalue weighted by Gasteiger charge is -2.31. The molecule has 0 saturated carbocycles. The van der Waals surface area contributed by atoms with Crippen molar-refractivity contribution >= 4 is 45.5 Å². The van der Waals surface area contributed by atoms with E-state index in [0.29, 0.717) is 27.5 Å². The summed E-state index contributed by atoms with van der Waals surface area (Å²) in [5.41, 5.74) is 1.29. The average molecular weight is 623 g/mol. The van der Waals surface area contributed by atoms with Crippen LogP contribution in [0, 0.1) is 11.7 Å². The number of ether oxygens (including phenoxy) is 1. The summed E-state index contributed by atoms with van der Waals surface area (Å²) in [5.74, 6) is -1.26. The minimum Gasteiger partial charge on any atom is -0.478 e. The van der Waals surface area contributed by atoms with Crippen LogP contribution >= 0.6 is 27.7 Å². The van der Waals surface area contributed by atoms with Crippen molar-refractivity contribution in [3.63, 3.8) is 0 Å².